The average molecular weight is 356 g/mol. The summed E-state index contributed by atoms with van der Waals surface area (Å²) in [4.78, 5) is 12.7. The van der Waals surface area contributed by atoms with Crippen molar-refractivity contribution < 1.29 is 4.79 Å². The lowest BCUT2D eigenvalue weighted by atomic mass is 10.2. The largest absolute Gasteiger partial charge is 0.352 e. The Labute approximate surface area is 157 Å². The zero-order valence-electron chi connectivity index (χ0n) is 14.9. The number of benzene rings is 1. The molecule has 0 unspecified atom stereocenters. The summed E-state index contributed by atoms with van der Waals surface area (Å²) in [5.74, 6) is 0.642. The normalized spacial score (nSPS) is 13.8. The Hall–Kier alpha value is -3.34. The van der Waals surface area contributed by atoms with E-state index in [0.29, 0.717) is 11.5 Å². The van der Waals surface area contributed by atoms with Crippen LogP contribution in [0.2, 0.25) is 0 Å². The first-order valence-electron chi connectivity index (χ1n) is 9.29. The highest BCUT2D eigenvalue weighted by atomic mass is 16.1. The van der Waals surface area contributed by atoms with Crippen molar-refractivity contribution >= 4 is 11.4 Å². The van der Waals surface area contributed by atoms with Gasteiger partial charge in [0.2, 0.25) is 0 Å². The van der Waals surface area contributed by atoms with Gasteiger partial charge in [-0.2, -0.15) is 5.10 Å². The molecule has 0 radical (unpaired) electrons. The highest BCUT2D eigenvalue weighted by Gasteiger charge is 2.23. The van der Waals surface area contributed by atoms with Crippen molar-refractivity contribution in [2.45, 2.75) is 12.8 Å². The lowest BCUT2D eigenvalue weighted by Crippen LogP contribution is -2.25. The van der Waals surface area contributed by atoms with Crippen LogP contribution in [-0.4, -0.2) is 26.6 Å². The summed E-state index contributed by atoms with van der Waals surface area (Å²) in [6.45, 7) is 0.765. The Bertz CT molecular complexity index is 1110. The topological polar surface area (TPSA) is 51.3 Å². The fourth-order valence-electron chi connectivity index (χ4n) is 3.37. The minimum absolute atomic E-state index is 0.0145. The fraction of sp³-hybridized carbons (Fsp3) is 0.182. The van der Waals surface area contributed by atoms with Crippen LogP contribution < -0.4 is 5.32 Å². The number of carbonyl (C=O) groups excluding carboxylic acids is 1. The summed E-state index contributed by atoms with van der Waals surface area (Å²) in [6.07, 6.45) is 6.36. The van der Waals surface area contributed by atoms with Gasteiger partial charge in [0.05, 0.1) is 22.5 Å². The van der Waals surface area contributed by atoms with E-state index in [2.05, 4.69) is 5.32 Å². The van der Waals surface area contributed by atoms with E-state index in [4.69, 9.17) is 5.10 Å². The molecule has 0 atom stereocenters. The molecule has 134 valence electrons. The molecule has 1 aliphatic carbocycles. The molecule has 5 heteroatoms. The Kier molecular flexibility index (Phi) is 3.78. The van der Waals surface area contributed by atoms with E-state index in [0.717, 1.165) is 29.1 Å². The number of aromatic nitrogens is 3. The molecule has 1 amide bonds. The first-order chi connectivity index (χ1) is 13.3. The predicted molar refractivity (Wildman–Crippen MR) is 105 cm³/mol. The smallest absolute Gasteiger partial charge is 0.253 e. The fourth-order valence-corrected chi connectivity index (χ4v) is 3.37. The van der Waals surface area contributed by atoms with E-state index in [1.165, 1.54) is 12.8 Å². The van der Waals surface area contributed by atoms with Gasteiger partial charge in [0.1, 0.15) is 5.69 Å². The molecular formula is C22H20N4O. The molecule has 1 N–H and O–H groups in total. The minimum Gasteiger partial charge on any atom is -0.352 e. The van der Waals surface area contributed by atoms with Crippen LogP contribution in [0.25, 0.3) is 22.6 Å². The molecule has 4 aromatic rings. The number of fused-ring (bicyclic) bond motifs is 1. The molecule has 1 aliphatic rings. The van der Waals surface area contributed by atoms with Crippen LogP contribution in [0.4, 0.5) is 0 Å². The number of hydrogen-bond acceptors (Lipinski definition) is 2. The molecule has 5 nitrogen and oxygen atoms in total. The van der Waals surface area contributed by atoms with Gasteiger partial charge < -0.3 is 9.72 Å². The van der Waals surface area contributed by atoms with Crippen LogP contribution in [0.15, 0.2) is 73.1 Å². The number of pyridine rings is 1. The predicted octanol–water partition coefficient (Wildman–Crippen LogP) is 3.93. The molecule has 0 saturated heterocycles. The van der Waals surface area contributed by atoms with Crippen molar-refractivity contribution in [2.24, 2.45) is 5.92 Å². The van der Waals surface area contributed by atoms with Gasteiger partial charge in [-0.25, -0.2) is 4.68 Å². The van der Waals surface area contributed by atoms with Crippen LogP contribution in [0.3, 0.4) is 0 Å². The van der Waals surface area contributed by atoms with E-state index in [1.54, 1.807) is 0 Å². The Balaban J connectivity index is 1.53. The minimum atomic E-state index is -0.0145. The lowest BCUT2D eigenvalue weighted by Gasteiger charge is -2.03. The zero-order chi connectivity index (χ0) is 18.2. The maximum absolute atomic E-state index is 12.7. The second kappa shape index (κ2) is 6.43. The Morgan fingerprint density at radius 2 is 1.85 bits per heavy atom. The third-order valence-electron chi connectivity index (χ3n) is 5.04. The van der Waals surface area contributed by atoms with Crippen molar-refractivity contribution in [3.05, 3.63) is 78.6 Å². The van der Waals surface area contributed by atoms with Crippen LogP contribution in [0.1, 0.15) is 23.2 Å². The number of rotatable bonds is 5. The van der Waals surface area contributed by atoms with Gasteiger partial charge in [-0.05, 0) is 55.2 Å². The summed E-state index contributed by atoms with van der Waals surface area (Å²) in [5.41, 5.74) is 4.35. The molecule has 3 heterocycles. The molecule has 0 spiro atoms. The van der Waals surface area contributed by atoms with Crippen LogP contribution in [0, 0.1) is 5.92 Å². The maximum atomic E-state index is 12.7. The average Bonchev–Trinajstić information content (AvgIpc) is 3.27. The molecule has 1 aromatic carbocycles. The van der Waals surface area contributed by atoms with Gasteiger partial charge in [0, 0.05) is 18.9 Å². The highest BCUT2D eigenvalue weighted by molar-refractivity contribution is 6.02. The molecule has 3 aromatic heterocycles. The summed E-state index contributed by atoms with van der Waals surface area (Å²) in [7, 11) is 0. The molecular weight excluding hydrogens is 336 g/mol. The van der Waals surface area contributed by atoms with Crippen molar-refractivity contribution in [2.75, 3.05) is 6.54 Å². The summed E-state index contributed by atoms with van der Waals surface area (Å²) in [6, 6.07) is 19.8. The summed E-state index contributed by atoms with van der Waals surface area (Å²) >= 11 is 0. The van der Waals surface area contributed by atoms with E-state index >= 15 is 0 Å². The Morgan fingerprint density at radius 1 is 1.04 bits per heavy atom. The second-order valence-electron chi connectivity index (χ2n) is 7.03. The monoisotopic (exact) mass is 356 g/mol. The van der Waals surface area contributed by atoms with Crippen molar-refractivity contribution in [1.82, 2.24) is 19.5 Å². The van der Waals surface area contributed by atoms with Crippen molar-refractivity contribution in [3.8, 4) is 17.1 Å². The highest BCUT2D eigenvalue weighted by Crippen LogP contribution is 2.29. The van der Waals surface area contributed by atoms with E-state index in [9.17, 15) is 4.79 Å². The first kappa shape index (κ1) is 15.9. The molecule has 0 aliphatic heterocycles. The zero-order valence-corrected chi connectivity index (χ0v) is 14.9. The van der Waals surface area contributed by atoms with Gasteiger partial charge in [0.15, 0.2) is 0 Å². The molecule has 5 rings (SSSR count). The number of nitrogens with one attached hydrogen (secondary N) is 1. The third-order valence-corrected chi connectivity index (χ3v) is 5.04. The SMILES string of the molecule is O=C(NCC1CC1)c1cc(-c2ccn(-c3ccccc3)n2)n2ccccc12. The molecule has 1 saturated carbocycles. The molecule has 27 heavy (non-hydrogen) atoms. The summed E-state index contributed by atoms with van der Waals surface area (Å²) in [5, 5.41) is 7.79. The van der Waals surface area contributed by atoms with Gasteiger partial charge in [-0.3, -0.25) is 4.79 Å². The van der Waals surface area contributed by atoms with Gasteiger partial charge >= 0.3 is 0 Å². The number of amides is 1. The van der Waals surface area contributed by atoms with Gasteiger partial charge in [-0.15, -0.1) is 0 Å². The standard InChI is InChI=1S/C22H20N4O/c27-22(23-15-16-9-10-16)18-14-21(25-12-5-4-8-20(18)25)19-11-13-26(24-19)17-6-2-1-3-7-17/h1-8,11-14,16H,9-10,15H2,(H,23,27). The Morgan fingerprint density at radius 3 is 2.67 bits per heavy atom. The van der Waals surface area contributed by atoms with E-state index in [-0.39, 0.29) is 5.91 Å². The maximum Gasteiger partial charge on any atom is 0.253 e. The number of nitrogens with zero attached hydrogens (tertiary/aromatic N) is 3. The van der Waals surface area contributed by atoms with Crippen LogP contribution in [0.5, 0.6) is 0 Å². The summed E-state index contributed by atoms with van der Waals surface area (Å²) < 4.78 is 3.88. The van der Waals surface area contributed by atoms with Crippen molar-refractivity contribution in [1.29, 1.82) is 0 Å². The van der Waals surface area contributed by atoms with Gasteiger partial charge in [0.25, 0.3) is 5.91 Å². The van der Waals surface area contributed by atoms with Crippen LogP contribution >= 0.6 is 0 Å². The lowest BCUT2D eigenvalue weighted by molar-refractivity contribution is 0.0953. The third kappa shape index (κ3) is 3.01. The first-order valence-corrected chi connectivity index (χ1v) is 9.29. The van der Waals surface area contributed by atoms with E-state index in [1.807, 2.05) is 82.1 Å². The number of hydrogen-bond donors (Lipinski definition) is 1. The van der Waals surface area contributed by atoms with Crippen LogP contribution in [-0.2, 0) is 0 Å². The quantitative estimate of drug-likeness (QED) is 0.589. The molecule has 0 bridgehead atoms. The van der Waals surface area contributed by atoms with Gasteiger partial charge in [-0.1, -0.05) is 24.3 Å². The van der Waals surface area contributed by atoms with E-state index < -0.39 is 0 Å². The second-order valence-corrected chi connectivity index (χ2v) is 7.03. The number of carbonyl (C=O) groups is 1. The number of para-hydroxylation sites is 1. The van der Waals surface area contributed by atoms with Crippen molar-refractivity contribution in [3.63, 3.8) is 0 Å². The molecule has 1 fully saturated rings.